The van der Waals surface area contributed by atoms with Crippen molar-refractivity contribution in [3.63, 3.8) is 0 Å². The van der Waals surface area contributed by atoms with Crippen LogP contribution < -0.4 is 0 Å². The minimum atomic E-state index is -1.12. The lowest BCUT2D eigenvalue weighted by Gasteiger charge is -1.98. The number of fused-ring (bicyclic) bond motifs is 1. The van der Waals surface area contributed by atoms with Gasteiger partial charge in [0.1, 0.15) is 5.65 Å². The van der Waals surface area contributed by atoms with Crippen LogP contribution in [0.1, 0.15) is 10.5 Å². The van der Waals surface area contributed by atoms with Gasteiger partial charge in [0.2, 0.25) is 5.28 Å². The molecule has 0 radical (unpaired) electrons. The number of hydrogen-bond acceptors (Lipinski definition) is 3. The lowest BCUT2D eigenvalue weighted by atomic mass is 10.4. The molecule has 0 saturated carbocycles. The van der Waals surface area contributed by atoms with Crippen molar-refractivity contribution >= 4 is 23.2 Å². The van der Waals surface area contributed by atoms with E-state index in [4.69, 9.17) is 16.7 Å². The van der Waals surface area contributed by atoms with Crippen molar-refractivity contribution in [1.82, 2.24) is 14.4 Å². The maximum atomic E-state index is 10.6. The van der Waals surface area contributed by atoms with Crippen LogP contribution in [0.2, 0.25) is 5.28 Å². The van der Waals surface area contributed by atoms with E-state index in [1.807, 2.05) is 0 Å². The highest BCUT2D eigenvalue weighted by Gasteiger charge is 2.09. The number of aromatic carboxylic acids is 1. The van der Waals surface area contributed by atoms with Gasteiger partial charge in [0, 0.05) is 18.5 Å². The summed E-state index contributed by atoms with van der Waals surface area (Å²) < 4.78 is 1.49. The standard InChI is InChI=1S/C7H4ClN3O2/c8-7-10-4(6(12)13)3-5-9-1-2-11(5)7/h1-3H,(H,12,13). The van der Waals surface area contributed by atoms with Crippen molar-refractivity contribution in [3.05, 3.63) is 29.4 Å². The summed E-state index contributed by atoms with van der Waals surface area (Å²) in [6.45, 7) is 0. The molecule has 66 valence electrons. The first-order chi connectivity index (χ1) is 6.18. The van der Waals surface area contributed by atoms with Crippen LogP contribution in [-0.4, -0.2) is 25.4 Å². The summed E-state index contributed by atoms with van der Waals surface area (Å²) in [5, 5.41) is 8.74. The fourth-order valence-corrected chi connectivity index (χ4v) is 1.23. The summed E-state index contributed by atoms with van der Waals surface area (Å²) in [6, 6.07) is 1.36. The summed E-state index contributed by atoms with van der Waals surface area (Å²) >= 11 is 5.70. The molecule has 2 aromatic rings. The zero-order valence-electron chi connectivity index (χ0n) is 6.31. The Bertz CT molecular complexity index is 480. The zero-order valence-corrected chi connectivity index (χ0v) is 7.06. The summed E-state index contributed by atoms with van der Waals surface area (Å²) in [6.07, 6.45) is 3.13. The molecule has 6 heteroatoms. The Morgan fingerprint density at radius 1 is 1.62 bits per heavy atom. The third kappa shape index (κ3) is 1.23. The molecule has 1 N–H and O–H groups in total. The first kappa shape index (κ1) is 8.00. The Hall–Kier alpha value is -1.62. The number of aromatic nitrogens is 3. The molecule has 0 spiro atoms. The van der Waals surface area contributed by atoms with Crippen LogP contribution in [0.3, 0.4) is 0 Å². The second-order valence-corrected chi connectivity index (χ2v) is 2.71. The average molecular weight is 198 g/mol. The molecule has 0 bridgehead atoms. The lowest BCUT2D eigenvalue weighted by molar-refractivity contribution is 0.0690. The maximum Gasteiger partial charge on any atom is 0.354 e. The van der Waals surface area contributed by atoms with Crippen molar-refractivity contribution in [2.45, 2.75) is 0 Å². The highest BCUT2D eigenvalue weighted by Crippen LogP contribution is 2.10. The Morgan fingerprint density at radius 2 is 2.38 bits per heavy atom. The largest absolute Gasteiger partial charge is 0.477 e. The van der Waals surface area contributed by atoms with E-state index in [2.05, 4.69) is 9.97 Å². The monoisotopic (exact) mass is 197 g/mol. The highest BCUT2D eigenvalue weighted by atomic mass is 35.5. The number of imidazole rings is 1. The molecule has 0 atom stereocenters. The van der Waals surface area contributed by atoms with Crippen LogP contribution in [-0.2, 0) is 0 Å². The van der Waals surface area contributed by atoms with E-state index < -0.39 is 5.97 Å². The van der Waals surface area contributed by atoms with Gasteiger partial charge in [0.05, 0.1) is 0 Å². The minimum Gasteiger partial charge on any atom is -0.477 e. The molecule has 0 unspecified atom stereocenters. The summed E-state index contributed by atoms with van der Waals surface area (Å²) in [5.41, 5.74) is 0.362. The van der Waals surface area contributed by atoms with Crippen molar-refractivity contribution in [1.29, 1.82) is 0 Å². The molecule has 0 aliphatic carbocycles. The van der Waals surface area contributed by atoms with Gasteiger partial charge >= 0.3 is 5.97 Å². The van der Waals surface area contributed by atoms with E-state index in [1.165, 1.54) is 16.7 Å². The molecule has 2 rings (SSSR count). The quantitative estimate of drug-likeness (QED) is 0.695. The molecule has 5 nitrogen and oxygen atoms in total. The molecule has 0 amide bonds. The molecular formula is C7H4ClN3O2. The van der Waals surface area contributed by atoms with Crippen LogP contribution in [0.15, 0.2) is 18.5 Å². The molecular weight excluding hydrogens is 194 g/mol. The van der Waals surface area contributed by atoms with Crippen LogP contribution in [0.5, 0.6) is 0 Å². The van der Waals surface area contributed by atoms with E-state index in [0.717, 1.165) is 0 Å². The molecule has 0 saturated heterocycles. The van der Waals surface area contributed by atoms with Gasteiger partial charge < -0.3 is 5.11 Å². The maximum absolute atomic E-state index is 10.6. The predicted molar refractivity (Wildman–Crippen MR) is 45.0 cm³/mol. The molecule has 0 fully saturated rings. The van der Waals surface area contributed by atoms with Gasteiger partial charge in [-0.25, -0.2) is 14.8 Å². The van der Waals surface area contributed by atoms with E-state index in [0.29, 0.717) is 5.65 Å². The number of nitrogens with zero attached hydrogens (tertiary/aromatic N) is 3. The Balaban J connectivity index is 2.77. The SMILES string of the molecule is O=C(O)c1cc2nccn2c(Cl)n1. The van der Waals surface area contributed by atoms with E-state index in [1.54, 1.807) is 6.20 Å². The van der Waals surface area contributed by atoms with Crippen molar-refractivity contribution in [3.8, 4) is 0 Å². The fourth-order valence-electron chi connectivity index (χ4n) is 0.995. The Labute approximate surface area is 77.6 Å². The second kappa shape index (κ2) is 2.70. The Morgan fingerprint density at radius 3 is 3.08 bits per heavy atom. The van der Waals surface area contributed by atoms with Crippen LogP contribution >= 0.6 is 11.6 Å². The number of hydrogen-bond donors (Lipinski definition) is 1. The first-order valence-corrected chi connectivity index (χ1v) is 3.79. The highest BCUT2D eigenvalue weighted by molar-refractivity contribution is 6.28. The molecule has 0 aromatic carbocycles. The van der Waals surface area contributed by atoms with Gasteiger partial charge in [-0.15, -0.1) is 0 Å². The molecule has 2 heterocycles. The number of carboxylic acids is 1. The first-order valence-electron chi connectivity index (χ1n) is 3.41. The van der Waals surface area contributed by atoms with Gasteiger partial charge in [-0.3, -0.25) is 4.40 Å². The van der Waals surface area contributed by atoms with Gasteiger partial charge in [-0.2, -0.15) is 0 Å². The van der Waals surface area contributed by atoms with Crippen molar-refractivity contribution in [2.24, 2.45) is 0 Å². The van der Waals surface area contributed by atoms with Gasteiger partial charge in [-0.05, 0) is 11.6 Å². The molecule has 2 aromatic heterocycles. The molecule has 13 heavy (non-hydrogen) atoms. The Kier molecular flexibility index (Phi) is 1.66. The van der Waals surface area contributed by atoms with Gasteiger partial charge in [0.25, 0.3) is 0 Å². The minimum absolute atomic E-state index is 0.0902. The van der Waals surface area contributed by atoms with Crippen molar-refractivity contribution in [2.75, 3.05) is 0 Å². The number of carboxylic acid groups (broad SMARTS) is 1. The third-order valence-corrected chi connectivity index (χ3v) is 1.83. The average Bonchev–Trinajstić information content (AvgIpc) is 2.51. The predicted octanol–water partition coefficient (Wildman–Crippen LogP) is 1.08. The summed E-state index contributed by atoms with van der Waals surface area (Å²) in [4.78, 5) is 18.1. The van der Waals surface area contributed by atoms with E-state index >= 15 is 0 Å². The number of halogens is 1. The fraction of sp³-hybridized carbons (Fsp3) is 0. The van der Waals surface area contributed by atoms with Crippen molar-refractivity contribution < 1.29 is 9.90 Å². The van der Waals surface area contributed by atoms with Crippen LogP contribution in [0.4, 0.5) is 0 Å². The molecule has 0 aliphatic rings. The third-order valence-electron chi connectivity index (χ3n) is 1.57. The van der Waals surface area contributed by atoms with E-state index in [-0.39, 0.29) is 11.0 Å². The smallest absolute Gasteiger partial charge is 0.354 e. The van der Waals surface area contributed by atoms with E-state index in [9.17, 15) is 4.79 Å². The lowest BCUT2D eigenvalue weighted by Crippen LogP contribution is -2.03. The zero-order chi connectivity index (χ0) is 9.42. The second-order valence-electron chi connectivity index (χ2n) is 2.37. The topological polar surface area (TPSA) is 67.5 Å². The number of carbonyl (C=O) groups is 1. The van der Waals surface area contributed by atoms with Crippen LogP contribution in [0.25, 0.3) is 5.65 Å². The summed E-state index contributed by atoms with van der Waals surface area (Å²) in [5.74, 6) is -1.12. The summed E-state index contributed by atoms with van der Waals surface area (Å²) in [7, 11) is 0. The van der Waals surface area contributed by atoms with Gasteiger partial charge in [-0.1, -0.05) is 0 Å². The van der Waals surface area contributed by atoms with Crippen LogP contribution in [0, 0.1) is 0 Å². The molecule has 0 aliphatic heterocycles. The van der Waals surface area contributed by atoms with Gasteiger partial charge in [0.15, 0.2) is 5.69 Å². The number of rotatable bonds is 1. The normalized spacial score (nSPS) is 10.5.